The topological polar surface area (TPSA) is 92.4 Å². The van der Waals surface area contributed by atoms with Crippen LogP contribution in [0.15, 0.2) is 18.2 Å². The van der Waals surface area contributed by atoms with E-state index in [1.807, 2.05) is 11.9 Å². The van der Waals surface area contributed by atoms with Crippen molar-refractivity contribution in [1.82, 2.24) is 25.2 Å². The minimum Gasteiger partial charge on any atom is -0.462 e. The zero-order valence-electron chi connectivity index (χ0n) is 21.6. The number of halogens is 4. The molecule has 8 nitrogen and oxygen atoms in total. The van der Waals surface area contributed by atoms with Gasteiger partial charge in [-0.1, -0.05) is 22.9 Å². The van der Waals surface area contributed by atoms with Crippen LogP contribution in [-0.4, -0.2) is 77.4 Å². The van der Waals surface area contributed by atoms with Gasteiger partial charge in [0, 0.05) is 54.3 Å². The van der Waals surface area contributed by atoms with E-state index in [-0.39, 0.29) is 50.1 Å². The Bertz CT molecular complexity index is 1630. The number of likely N-dealkylation sites (N-methyl/N-ethyl adjacent to an activating group) is 1. The van der Waals surface area contributed by atoms with Gasteiger partial charge in [0.1, 0.15) is 29.9 Å². The average Bonchev–Trinajstić information content (AvgIpc) is 3.58. The van der Waals surface area contributed by atoms with Gasteiger partial charge >= 0.3 is 6.01 Å². The highest BCUT2D eigenvalue weighted by Crippen LogP contribution is 2.43. The number of fused-ring (bicyclic) bond motifs is 4. The van der Waals surface area contributed by atoms with Crippen LogP contribution in [0.2, 0.25) is 5.02 Å². The molecule has 4 atom stereocenters. The van der Waals surface area contributed by atoms with E-state index >= 15 is 4.39 Å². The number of aromatic nitrogens is 3. The van der Waals surface area contributed by atoms with Crippen LogP contribution in [0.25, 0.3) is 32.2 Å². The molecule has 13 heteroatoms. The average molecular weight is 590 g/mol. The molecule has 2 bridgehead atoms. The van der Waals surface area contributed by atoms with E-state index in [2.05, 4.69) is 20.2 Å². The Morgan fingerprint density at radius 1 is 1.12 bits per heavy atom. The molecule has 2 unspecified atom stereocenters. The number of alkyl halides is 1. The Balaban J connectivity index is 1.37. The van der Waals surface area contributed by atoms with Gasteiger partial charge in [-0.3, -0.25) is 4.90 Å². The lowest BCUT2D eigenvalue weighted by Crippen LogP contribution is -2.51. The van der Waals surface area contributed by atoms with E-state index in [0.717, 1.165) is 24.2 Å². The number of nitrogen functional groups attached to an aromatic ring is 1. The monoisotopic (exact) mass is 589 g/mol. The number of piperazine rings is 1. The second kappa shape index (κ2) is 9.86. The molecule has 3 aliphatic heterocycles. The Kier molecular flexibility index (Phi) is 6.41. The molecule has 0 spiro atoms. The minimum absolute atomic E-state index is 0.0124. The molecule has 3 saturated heterocycles. The molecule has 7 rings (SSSR count). The van der Waals surface area contributed by atoms with Gasteiger partial charge in [0.25, 0.3) is 0 Å². The van der Waals surface area contributed by atoms with Crippen molar-refractivity contribution in [1.29, 1.82) is 0 Å². The Hall–Kier alpha value is -2.93. The summed E-state index contributed by atoms with van der Waals surface area (Å²) in [6, 6.07) is 4.85. The Morgan fingerprint density at radius 2 is 1.90 bits per heavy atom. The number of anilines is 2. The summed E-state index contributed by atoms with van der Waals surface area (Å²) in [6.07, 6.45) is 1.55. The summed E-state index contributed by atoms with van der Waals surface area (Å²) in [4.78, 5) is 17.5. The highest BCUT2D eigenvalue weighted by atomic mass is 35.5. The van der Waals surface area contributed by atoms with Crippen molar-refractivity contribution in [3.8, 4) is 17.1 Å². The molecule has 3 fully saturated rings. The summed E-state index contributed by atoms with van der Waals surface area (Å²) in [6.45, 7) is 1.92. The van der Waals surface area contributed by atoms with E-state index in [9.17, 15) is 8.78 Å². The van der Waals surface area contributed by atoms with Crippen molar-refractivity contribution in [2.45, 2.75) is 43.6 Å². The summed E-state index contributed by atoms with van der Waals surface area (Å²) in [5.41, 5.74) is 6.51. The number of hydrogen-bond donors (Lipinski definition) is 2. The van der Waals surface area contributed by atoms with Crippen LogP contribution >= 0.6 is 22.9 Å². The number of nitrogens with zero attached hydrogens (tertiary/aromatic N) is 5. The van der Waals surface area contributed by atoms with Crippen LogP contribution in [0, 0.1) is 11.6 Å². The molecule has 2 aromatic heterocycles. The number of nitrogens with one attached hydrogen (secondary N) is 1. The molecule has 4 aromatic rings. The van der Waals surface area contributed by atoms with Crippen molar-refractivity contribution >= 4 is 55.0 Å². The molecule has 0 aliphatic carbocycles. The maximum Gasteiger partial charge on any atom is 0.319 e. The second-order valence-corrected chi connectivity index (χ2v) is 12.3. The first-order chi connectivity index (χ1) is 19.2. The summed E-state index contributed by atoms with van der Waals surface area (Å²) in [5, 5.41) is 4.35. The van der Waals surface area contributed by atoms with Crippen molar-refractivity contribution in [3.63, 3.8) is 0 Å². The third-order valence-electron chi connectivity index (χ3n) is 8.18. The molecular weight excluding hydrogens is 563 g/mol. The van der Waals surface area contributed by atoms with E-state index in [1.54, 1.807) is 6.07 Å². The van der Waals surface area contributed by atoms with Gasteiger partial charge in [-0.15, -0.1) is 0 Å². The molecular formula is C27H27ClF3N7OS. The third-order valence-corrected chi connectivity index (χ3v) is 9.37. The van der Waals surface area contributed by atoms with Gasteiger partial charge in [0.2, 0.25) is 0 Å². The lowest BCUT2D eigenvalue weighted by molar-refractivity contribution is 0.188. The van der Waals surface area contributed by atoms with Crippen LogP contribution in [0.3, 0.4) is 0 Å². The highest BCUT2D eigenvalue weighted by Gasteiger charge is 2.35. The van der Waals surface area contributed by atoms with Gasteiger partial charge < -0.3 is 20.7 Å². The van der Waals surface area contributed by atoms with Crippen molar-refractivity contribution in [2.24, 2.45) is 0 Å². The zero-order valence-corrected chi connectivity index (χ0v) is 23.2. The number of thiazole rings is 1. The SMILES string of the molecule is CN1C[C@H](F)C[C@H]1COc1nc(N2CC3CCC(C2)N3)c2cc(Cl)c(-c3ccc(F)c4sc(N)nc34)c(F)c2n1. The van der Waals surface area contributed by atoms with E-state index in [0.29, 0.717) is 54.9 Å². The lowest BCUT2D eigenvalue weighted by atomic mass is 10.0. The predicted octanol–water partition coefficient (Wildman–Crippen LogP) is 4.78. The molecule has 3 aliphatic rings. The maximum atomic E-state index is 16.5. The second-order valence-electron chi connectivity index (χ2n) is 10.9. The Morgan fingerprint density at radius 3 is 2.62 bits per heavy atom. The van der Waals surface area contributed by atoms with E-state index < -0.39 is 17.8 Å². The number of benzene rings is 2. The summed E-state index contributed by atoms with van der Waals surface area (Å²) < 4.78 is 51.2. The van der Waals surface area contributed by atoms with Crippen LogP contribution in [0.5, 0.6) is 6.01 Å². The zero-order chi connectivity index (χ0) is 27.7. The molecule has 40 heavy (non-hydrogen) atoms. The first-order valence-electron chi connectivity index (χ1n) is 13.3. The van der Waals surface area contributed by atoms with Gasteiger partial charge in [-0.2, -0.15) is 9.97 Å². The van der Waals surface area contributed by atoms with Crippen LogP contribution < -0.4 is 20.7 Å². The highest BCUT2D eigenvalue weighted by molar-refractivity contribution is 7.22. The fraction of sp³-hybridized carbons (Fsp3) is 0.444. The molecule has 5 heterocycles. The lowest BCUT2D eigenvalue weighted by Gasteiger charge is -2.34. The molecule has 3 N–H and O–H groups in total. The van der Waals surface area contributed by atoms with Crippen molar-refractivity contribution in [2.75, 3.05) is 43.9 Å². The van der Waals surface area contributed by atoms with Gasteiger partial charge in [0.15, 0.2) is 10.9 Å². The first kappa shape index (κ1) is 26.0. The molecule has 0 amide bonds. The molecule has 2 aromatic carbocycles. The van der Waals surface area contributed by atoms with Crippen LogP contribution in [0.1, 0.15) is 19.3 Å². The van der Waals surface area contributed by atoms with Gasteiger partial charge in [-0.05, 0) is 44.5 Å². The maximum absolute atomic E-state index is 16.5. The standard InChI is InChI=1S/C27H27ClF3N7OS/c1-37-8-12(29)6-15(37)11-39-27-35-22-17(25(36-27)38-9-13-2-3-14(10-38)33-13)7-18(28)20(21(22)31)16-4-5-19(30)24-23(16)34-26(32)40-24/h4-5,7,12-15,33H,2-3,6,8-11H2,1H3,(H2,32,34)/t12-,13?,14?,15+/m1/s1. The van der Waals surface area contributed by atoms with Crippen molar-refractivity contribution < 1.29 is 17.9 Å². The fourth-order valence-electron chi connectivity index (χ4n) is 6.25. The predicted molar refractivity (Wildman–Crippen MR) is 151 cm³/mol. The summed E-state index contributed by atoms with van der Waals surface area (Å²) in [7, 11) is 1.85. The van der Waals surface area contributed by atoms with Crippen LogP contribution in [-0.2, 0) is 0 Å². The Labute approximate surface area is 237 Å². The normalized spacial score (nSPS) is 25.0. The van der Waals surface area contributed by atoms with E-state index in [1.165, 1.54) is 12.1 Å². The van der Waals surface area contributed by atoms with Crippen LogP contribution in [0.4, 0.5) is 24.1 Å². The first-order valence-corrected chi connectivity index (χ1v) is 14.5. The number of hydrogen-bond acceptors (Lipinski definition) is 9. The number of ether oxygens (including phenoxy) is 1. The largest absolute Gasteiger partial charge is 0.462 e. The smallest absolute Gasteiger partial charge is 0.319 e. The molecule has 0 saturated carbocycles. The third kappa shape index (κ3) is 4.41. The quantitative estimate of drug-likeness (QED) is 0.344. The minimum atomic E-state index is -0.919. The number of likely N-dealkylation sites (tertiary alicyclic amines) is 1. The van der Waals surface area contributed by atoms with E-state index in [4.69, 9.17) is 27.1 Å². The van der Waals surface area contributed by atoms with Crippen molar-refractivity contribution in [3.05, 3.63) is 34.9 Å². The summed E-state index contributed by atoms with van der Waals surface area (Å²) >= 11 is 7.73. The van der Waals surface area contributed by atoms with Gasteiger partial charge in [0.05, 0.1) is 15.2 Å². The van der Waals surface area contributed by atoms with Gasteiger partial charge in [-0.25, -0.2) is 18.2 Å². The fourth-order valence-corrected chi connectivity index (χ4v) is 7.31. The number of nitrogens with two attached hydrogens (primary N) is 1. The number of rotatable bonds is 5. The molecule has 210 valence electrons. The summed E-state index contributed by atoms with van der Waals surface area (Å²) in [5.74, 6) is -0.641. The molecule has 0 radical (unpaired) electrons.